The second-order valence-corrected chi connectivity index (χ2v) is 5.84. The van der Waals surface area contributed by atoms with Crippen molar-refractivity contribution in [3.63, 3.8) is 0 Å². The highest BCUT2D eigenvalue weighted by atomic mass is 16.5. The molecule has 0 amide bonds. The Kier molecular flexibility index (Phi) is 7.29. The van der Waals surface area contributed by atoms with Gasteiger partial charge >= 0.3 is 0 Å². The second-order valence-electron chi connectivity index (χ2n) is 5.84. The molecule has 19 heavy (non-hydrogen) atoms. The minimum Gasteiger partial charge on any atom is -0.385 e. The first-order valence-corrected chi connectivity index (χ1v) is 7.59. The number of nitrogens with one attached hydrogen (secondary N) is 1. The van der Waals surface area contributed by atoms with Gasteiger partial charge in [0.05, 0.1) is 13.2 Å². The maximum atomic E-state index is 5.50. The SMILES string of the molecule is CCC(C)(C(NC)C(C)CCOC)N1CCOCC1. The number of hydrogen-bond donors (Lipinski definition) is 1. The third-order valence-corrected chi connectivity index (χ3v) is 4.78. The first kappa shape index (κ1) is 16.9. The Morgan fingerprint density at radius 3 is 2.47 bits per heavy atom. The largest absolute Gasteiger partial charge is 0.385 e. The van der Waals surface area contributed by atoms with Gasteiger partial charge < -0.3 is 14.8 Å². The van der Waals surface area contributed by atoms with Crippen LogP contribution in [0.5, 0.6) is 0 Å². The summed E-state index contributed by atoms with van der Waals surface area (Å²) >= 11 is 0. The normalized spacial score (nSPS) is 23.8. The van der Waals surface area contributed by atoms with Crippen LogP contribution in [-0.2, 0) is 9.47 Å². The van der Waals surface area contributed by atoms with Crippen LogP contribution >= 0.6 is 0 Å². The summed E-state index contributed by atoms with van der Waals surface area (Å²) in [7, 11) is 3.87. The molecule has 0 aromatic rings. The maximum absolute atomic E-state index is 5.50. The van der Waals surface area contributed by atoms with Crippen LogP contribution in [0.3, 0.4) is 0 Å². The van der Waals surface area contributed by atoms with Gasteiger partial charge in [0.1, 0.15) is 0 Å². The molecule has 0 aromatic heterocycles. The lowest BCUT2D eigenvalue weighted by Gasteiger charge is -2.49. The molecule has 4 nitrogen and oxygen atoms in total. The van der Waals surface area contributed by atoms with Gasteiger partial charge in [-0.3, -0.25) is 4.90 Å². The lowest BCUT2D eigenvalue weighted by Crippen LogP contribution is -2.63. The fourth-order valence-electron chi connectivity index (χ4n) is 3.39. The van der Waals surface area contributed by atoms with E-state index >= 15 is 0 Å². The predicted molar refractivity (Wildman–Crippen MR) is 79.6 cm³/mol. The third-order valence-electron chi connectivity index (χ3n) is 4.78. The van der Waals surface area contributed by atoms with Crippen molar-refractivity contribution >= 4 is 0 Å². The molecule has 0 aliphatic carbocycles. The number of likely N-dealkylation sites (N-methyl/N-ethyl adjacent to an activating group) is 1. The van der Waals surface area contributed by atoms with Gasteiger partial charge in [0.15, 0.2) is 0 Å². The van der Waals surface area contributed by atoms with Gasteiger partial charge in [-0.25, -0.2) is 0 Å². The molecule has 1 aliphatic heterocycles. The van der Waals surface area contributed by atoms with Crippen molar-refractivity contribution in [2.75, 3.05) is 47.1 Å². The molecule has 1 saturated heterocycles. The minimum atomic E-state index is 0.186. The van der Waals surface area contributed by atoms with E-state index in [9.17, 15) is 0 Å². The Morgan fingerprint density at radius 2 is 2.00 bits per heavy atom. The van der Waals surface area contributed by atoms with Gasteiger partial charge in [-0.2, -0.15) is 0 Å². The molecule has 0 spiro atoms. The van der Waals surface area contributed by atoms with Gasteiger partial charge in [-0.15, -0.1) is 0 Å². The Bertz CT molecular complexity index is 244. The highest BCUT2D eigenvalue weighted by molar-refractivity contribution is 4.98. The first-order chi connectivity index (χ1) is 9.10. The van der Waals surface area contributed by atoms with Crippen molar-refractivity contribution in [1.29, 1.82) is 0 Å². The monoisotopic (exact) mass is 272 g/mol. The van der Waals surface area contributed by atoms with Crippen molar-refractivity contribution in [3.8, 4) is 0 Å². The minimum absolute atomic E-state index is 0.186. The summed E-state index contributed by atoms with van der Waals surface area (Å²) in [5, 5.41) is 3.56. The molecular weight excluding hydrogens is 240 g/mol. The summed E-state index contributed by atoms with van der Waals surface area (Å²) < 4.78 is 10.7. The maximum Gasteiger partial charge on any atom is 0.0594 e. The van der Waals surface area contributed by atoms with Gasteiger partial charge in [-0.1, -0.05) is 13.8 Å². The van der Waals surface area contributed by atoms with E-state index in [-0.39, 0.29) is 5.54 Å². The van der Waals surface area contributed by atoms with Crippen LogP contribution < -0.4 is 5.32 Å². The van der Waals surface area contributed by atoms with Crippen LogP contribution in [0.4, 0.5) is 0 Å². The molecule has 0 aromatic carbocycles. The number of morpholine rings is 1. The number of nitrogens with zero attached hydrogens (tertiary/aromatic N) is 1. The fraction of sp³-hybridized carbons (Fsp3) is 1.00. The third kappa shape index (κ3) is 4.15. The van der Waals surface area contributed by atoms with Crippen LogP contribution in [0.2, 0.25) is 0 Å². The molecule has 0 bridgehead atoms. The van der Waals surface area contributed by atoms with E-state index in [2.05, 4.69) is 38.0 Å². The number of ether oxygens (including phenoxy) is 2. The van der Waals surface area contributed by atoms with E-state index in [0.29, 0.717) is 12.0 Å². The summed E-state index contributed by atoms with van der Waals surface area (Å²) in [5.41, 5.74) is 0.186. The van der Waals surface area contributed by atoms with E-state index in [1.165, 1.54) is 0 Å². The molecule has 1 aliphatic rings. The highest BCUT2D eigenvalue weighted by Crippen LogP contribution is 2.30. The Labute approximate surface area is 118 Å². The van der Waals surface area contributed by atoms with Crippen LogP contribution in [-0.4, -0.2) is 63.5 Å². The summed E-state index contributed by atoms with van der Waals surface area (Å²) in [5.74, 6) is 0.595. The smallest absolute Gasteiger partial charge is 0.0594 e. The van der Waals surface area contributed by atoms with E-state index in [1.54, 1.807) is 7.11 Å². The van der Waals surface area contributed by atoms with Gasteiger partial charge in [0.25, 0.3) is 0 Å². The first-order valence-electron chi connectivity index (χ1n) is 7.59. The van der Waals surface area contributed by atoms with E-state index < -0.39 is 0 Å². The zero-order valence-electron chi connectivity index (χ0n) is 13.4. The van der Waals surface area contributed by atoms with E-state index in [0.717, 1.165) is 45.8 Å². The standard InChI is InChI=1S/C15H32N2O2/c1-6-15(3,17-8-11-19-12-9-17)14(16-4)13(2)7-10-18-5/h13-14,16H,6-12H2,1-5H3. The van der Waals surface area contributed by atoms with Crippen LogP contribution in [0.25, 0.3) is 0 Å². The number of rotatable bonds is 8. The average Bonchev–Trinajstić information content (AvgIpc) is 2.46. The molecule has 0 saturated carbocycles. The summed E-state index contributed by atoms with van der Waals surface area (Å²) in [6, 6.07) is 0.478. The molecule has 1 rings (SSSR count). The van der Waals surface area contributed by atoms with Gasteiger partial charge in [0.2, 0.25) is 0 Å². The quantitative estimate of drug-likeness (QED) is 0.730. The molecule has 114 valence electrons. The van der Waals surface area contributed by atoms with Crippen molar-refractivity contribution in [2.45, 2.75) is 45.2 Å². The van der Waals surface area contributed by atoms with Crippen LogP contribution in [0.15, 0.2) is 0 Å². The lowest BCUT2D eigenvalue weighted by atomic mass is 9.79. The van der Waals surface area contributed by atoms with Crippen LogP contribution in [0, 0.1) is 5.92 Å². The zero-order valence-corrected chi connectivity index (χ0v) is 13.4. The zero-order chi connectivity index (χ0) is 14.3. The van der Waals surface area contributed by atoms with E-state index in [1.807, 2.05) is 0 Å². The Balaban J connectivity index is 2.76. The molecule has 3 atom stereocenters. The molecule has 3 unspecified atom stereocenters. The number of hydrogen-bond acceptors (Lipinski definition) is 4. The molecular formula is C15H32N2O2. The molecule has 1 heterocycles. The second kappa shape index (κ2) is 8.20. The summed E-state index contributed by atoms with van der Waals surface area (Å²) in [6.07, 6.45) is 2.25. The Morgan fingerprint density at radius 1 is 1.37 bits per heavy atom. The summed E-state index contributed by atoms with van der Waals surface area (Å²) in [4.78, 5) is 2.60. The Hall–Kier alpha value is -0.160. The van der Waals surface area contributed by atoms with Crippen molar-refractivity contribution in [2.24, 2.45) is 5.92 Å². The van der Waals surface area contributed by atoms with Gasteiger partial charge in [-0.05, 0) is 32.7 Å². The predicted octanol–water partition coefficient (Wildman–Crippen LogP) is 1.75. The van der Waals surface area contributed by atoms with Crippen molar-refractivity contribution in [1.82, 2.24) is 10.2 Å². The van der Waals surface area contributed by atoms with Crippen molar-refractivity contribution < 1.29 is 9.47 Å². The van der Waals surface area contributed by atoms with Gasteiger partial charge in [0, 0.05) is 38.4 Å². The molecule has 4 heteroatoms. The van der Waals surface area contributed by atoms with Crippen molar-refractivity contribution in [3.05, 3.63) is 0 Å². The molecule has 1 N–H and O–H groups in total. The molecule has 1 fully saturated rings. The lowest BCUT2D eigenvalue weighted by molar-refractivity contribution is -0.0405. The molecule has 0 radical (unpaired) electrons. The number of methoxy groups -OCH3 is 1. The average molecular weight is 272 g/mol. The fourth-order valence-corrected chi connectivity index (χ4v) is 3.39. The van der Waals surface area contributed by atoms with E-state index in [4.69, 9.17) is 9.47 Å². The summed E-state index contributed by atoms with van der Waals surface area (Å²) in [6.45, 7) is 11.7. The highest BCUT2D eigenvalue weighted by Gasteiger charge is 2.40. The van der Waals surface area contributed by atoms with Crippen LogP contribution in [0.1, 0.15) is 33.6 Å². The topological polar surface area (TPSA) is 33.7 Å².